The Bertz CT molecular complexity index is 1200. The lowest BCUT2D eigenvalue weighted by Gasteiger charge is -2.36. The molecule has 0 bridgehead atoms. The molecule has 2 aromatic carbocycles. The molecule has 4 aliphatic heterocycles. The Morgan fingerprint density at radius 1 is 1.06 bits per heavy atom. The quantitative estimate of drug-likeness (QED) is 0.688. The molecule has 1 spiro atoms. The molecule has 1 N–H and O–H groups in total. The van der Waals surface area contributed by atoms with Crippen molar-refractivity contribution >= 4 is 40.7 Å². The third-order valence-corrected chi connectivity index (χ3v) is 7.41. The highest BCUT2D eigenvalue weighted by atomic mass is 35.5. The van der Waals surface area contributed by atoms with Gasteiger partial charge in [0, 0.05) is 17.3 Å². The Balaban J connectivity index is 1.56. The van der Waals surface area contributed by atoms with Crippen LogP contribution in [-0.2, 0) is 19.9 Å². The summed E-state index contributed by atoms with van der Waals surface area (Å²) in [6, 6.07) is 7.34. The fourth-order valence-corrected chi connectivity index (χ4v) is 6.23. The predicted octanol–water partition coefficient (Wildman–Crippen LogP) is 3.05. The van der Waals surface area contributed by atoms with E-state index >= 15 is 0 Å². The lowest BCUT2D eigenvalue weighted by atomic mass is 9.75. The molecule has 6 rings (SSSR count). The minimum atomic E-state index is -1.45. The topological polar surface area (TPSA) is 69.7 Å². The second-order valence-electron chi connectivity index (χ2n) is 8.43. The first-order chi connectivity index (χ1) is 14.9. The molecule has 0 radical (unpaired) electrons. The molecular formula is C22H16ClF2N3O3. The van der Waals surface area contributed by atoms with Gasteiger partial charge in [-0.05, 0) is 55.8 Å². The summed E-state index contributed by atoms with van der Waals surface area (Å²) in [5.41, 5.74) is -0.458. The van der Waals surface area contributed by atoms with Crippen LogP contribution in [0.15, 0.2) is 36.4 Å². The smallest absolute Gasteiger partial charge is 0.250 e. The van der Waals surface area contributed by atoms with Crippen LogP contribution in [0.4, 0.5) is 20.2 Å². The summed E-state index contributed by atoms with van der Waals surface area (Å²) in [7, 11) is 0. The van der Waals surface area contributed by atoms with Gasteiger partial charge in [0.25, 0.3) is 0 Å². The summed E-state index contributed by atoms with van der Waals surface area (Å²) in [6.07, 6.45) is 1.41. The number of rotatable bonds is 1. The second-order valence-corrected chi connectivity index (χ2v) is 8.83. The number of carbonyl (C=O) groups is 3. The highest BCUT2D eigenvalue weighted by Gasteiger charge is 2.74. The summed E-state index contributed by atoms with van der Waals surface area (Å²) in [5, 5.41) is 2.58. The molecule has 3 amide bonds. The van der Waals surface area contributed by atoms with E-state index in [0.717, 1.165) is 17.4 Å². The number of carbonyl (C=O) groups excluding carboxylic acids is 3. The van der Waals surface area contributed by atoms with Crippen molar-refractivity contribution in [2.75, 3.05) is 16.8 Å². The molecule has 4 aliphatic rings. The highest BCUT2D eigenvalue weighted by molar-refractivity contribution is 6.32. The third-order valence-electron chi connectivity index (χ3n) is 7.12. The number of nitrogens with zero attached hydrogens (tertiary/aromatic N) is 2. The number of halogens is 3. The van der Waals surface area contributed by atoms with Crippen molar-refractivity contribution in [1.82, 2.24) is 4.90 Å². The van der Waals surface area contributed by atoms with Crippen molar-refractivity contribution in [1.29, 1.82) is 0 Å². The van der Waals surface area contributed by atoms with Gasteiger partial charge in [-0.1, -0.05) is 11.6 Å². The van der Waals surface area contributed by atoms with E-state index in [9.17, 15) is 23.2 Å². The first-order valence-corrected chi connectivity index (χ1v) is 10.4. The Kier molecular flexibility index (Phi) is 3.72. The van der Waals surface area contributed by atoms with Gasteiger partial charge in [0.15, 0.2) is 0 Å². The maximum atomic E-state index is 14.2. The van der Waals surface area contributed by atoms with Crippen LogP contribution >= 0.6 is 11.6 Å². The number of nitrogens with one attached hydrogen (secondary N) is 1. The lowest BCUT2D eigenvalue weighted by molar-refractivity contribution is -0.135. The third kappa shape index (κ3) is 2.16. The van der Waals surface area contributed by atoms with Crippen LogP contribution in [-0.4, -0.2) is 35.2 Å². The van der Waals surface area contributed by atoms with Crippen LogP contribution in [0.25, 0.3) is 0 Å². The van der Waals surface area contributed by atoms with E-state index in [1.165, 1.54) is 30.3 Å². The number of amides is 3. The number of hydrogen-bond acceptors (Lipinski definition) is 4. The van der Waals surface area contributed by atoms with E-state index in [2.05, 4.69) is 5.32 Å². The number of imide groups is 1. The van der Waals surface area contributed by atoms with Gasteiger partial charge in [0.2, 0.25) is 17.7 Å². The standard InChI is InChI=1S/C22H16ClF2N3O3/c23-13-9-11(4-5-14(13)25)28-19(29)17-16-2-1-7-27(16)22(18(17)20(28)30)12-8-10(24)3-6-15(12)26-21(22)31/h3-6,8-9,16-18H,1-2,7H2,(H,26,31). The van der Waals surface area contributed by atoms with Crippen LogP contribution in [0, 0.1) is 23.5 Å². The predicted molar refractivity (Wildman–Crippen MR) is 107 cm³/mol. The number of anilines is 2. The van der Waals surface area contributed by atoms with E-state index in [0.29, 0.717) is 24.2 Å². The second kappa shape index (κ2) is 6.11. The number of benzene rings is 2. The molecule has 3 saturated heterocycles. The Hall–Kier alpha value is -2.84. The van der Waals surface area contributed by atoms with E-state index in [1.54, 1.807) is 0 Å². The molecule has 2 aromatic rings. The van der Waals surface area contributed by atoms with Crippen molar-refractivity contribution < 1.29 is 23.2 Å². The lowest BCUT2D eigenvalue weighted by Crippen LogP contribution is -2.54. The van der Waals surface area contributed by atoms with Crippen LogP contribution < -0.4 is 10.2 Å². The van der Waals surface area contributed by atoms with Gasteiger partial charge in [0.05, 0.1) is 22.5 Å². The molecule has 4 heterocycles. The molecule has 4 atom stereocenters. The SMILES string of the molecule is O=C1C2C3CCCN3C3(C(=O)Nc4ccc(F)cc43)C2C(=O)N1c1ccc(F)c(Cl)c1. The normalized spacial score (nSPS) is 31.4. The minimum Gasteiger partial charge on any atom is -0.324 e. The summed E-state index contributed by atoms with van der Waals surface area (Å²) in [4.78, 5) is 43.5. The number of fused-ring (bicyclic) bond motifs is 7. The molecule has 3 fully saturated rings. The van der Waals surface area contributed by atoms with Gasteiger partial charge >= 0.3 is 0 Å². The Labute approximate surface area is 180 Å². The summed E-state index contributed by atoms with van der Waals surface area (Å²) in [5.74, 6) is -4.36. The number of hydrogen-bond donors (Lipinski definition) is 1. The summed E-state index contributed by atoms with van der Waals surface area (Å²) >= 11 is 5.89. The summed E-state index contributed by atoms with van der Waals surface area (Å²) < 4.78 is 27.9. The molecule has 9 heteroatoms. The molecule has 0 aromatic heterocycles. The van der Waals surface area contributed by atoms with Crippen molar-refractivity contribution in [3.8, 4) is 0 Å². The molecular weight excluding hydrogens is 428 g/mol. The van der Waals surface area contributed by atoms with Crippen molar-refractivity contribution in [3.63, 3.8) is 0 Å². The van der Waals surface area contributed by atoms with Gasteiger partial charge in [-0.3, -0.25) is 19.3 Å². The van der Waals surface area contributed by atoms with Crippen molar-refractivity contribution in [3.05, 3.63) is 58.6 Å². The molecule has 0 saturated carbocycles. The van der Waals surface area contributed by atoms with Crippen LogP contribution in [0.3, 0.4) is 0 Å². The zero-order valence-electron chi connectivity index (χ0n) is 16.1. The van der Waals surface area contributed by atoms with E-state index in [-0.39, 0.29) is 16.8 Å². The van der Waals surface area contributed by atoms with Gasteiger partial charge in [-0.2, -0.15) is 0 Å². The average Bonchev–Trinajstić information content (AvgIpc) is 3.43. The monoisotopic (exact) mass is 443 g/mol. The molecule has 6 nitrogen and oxygen atoms in total. The Morgan fingerprint density at radius 2 is 1.87 bits per heavy atom. The maximum absolute atomic E-state index is 14.2. The van der Waals surface area contributed by atoms with Crippen molar-refractivity contribution in [2.45, 2.75) is 24.4 Å². The van der Waals surface area contributed by atoms with E-state index < -0.39 is 46.7 Å². The van der Waals surface area contributed by atoms with E-state index in [4.69, 9.17) is 11.6 Å². The largest absolute Gasteiger partial charge is 0.324 e. The molecule has 4 unspecified atom stereocenters. The fraction of sp³-hybridized carbons (Fsp3) is 0.318. The van der Waals surface area contributed by atoms with Gasteiger partial charge in [-0.25, -0.2) is 13.7 Å². The van der Waals surface area contributed by atoms with Crippen LogP contribution in [0.5, 0.6) is 0 Å². The molecule has 0 aliphatic carbocycles. The van der Waals surface area contributed by atoms with Gasteiger partial charge in [0.1, 0.15) is 17.2 Å². The van der Waals surface area contributed by atoms with Crippen molar-refractivity contribution in [2.24, 2.45) is 11.8 Å². The van der Waals surface area contributed by atoms with E-state index in [1.807, 2.05) is 4.90 Å². The van der Waals surface area contributed by atoms with Crippen LogP contribution in [0.1, 0.15) is 18.4 Å². The summed E-state index contributed by atoms with van der Waals surface area (Å²) in [6.45, 7) is 0.532. The first kappa shape index (κ1) is 18.9. The molecule has 31 heavy (non-hydrogen) atoms. The van der Waals surface area contributed by atoms with Crippen LogP contribution in [0.2, 0.25) is 5.02 Å². The highest BCUT2D eigenvalue weighted by Crippen LogP contribution is 2.60. The van der Waals surface area contributed by atoms with Gasteiger partial charge < -0.3 is 5.32 Å². The zero-order valence-corrected chi connectivity index (χ0v) is 16.8. The fourth-order valence-electron chi connectivity index (χ4n) is 6.05. The minimum absolute atomic E-state index is 0.161. The van der Waals surface area contributed by atoms with Gasteiger partial charge in [-0.15, -0.1) is 0 Å². The first-order valence-electron chi connectivity index (χ1n) is 10.1. The maximum Gasteiger partial charge on any atom is 0.250 e. The Morgan fingerprint density at radius 3 is 2.65 bits per heavy atom. The molecule has 158 valence electrons. The zero-order chi connectivity index (χ0) is 21.7. The average molecular weight is 444 g/mol.